The van der Waals surface area contributed by atoms with E-state index in [-0.39, 0.29) is 5.91 Å². The number of nitrogens with one attached hydrogen (secondary N) is 1. The molecular formula is C18H22N2O2. The van der Waals surface area contributed by atoms with Crippen molar-refractivity contribution < 1.29 is 9.21 Å². The van der Waals surface area contributed by atoms with Gasteiger partial charge in [-0.1, -0.05) is 6.07 Å². The van der Waals surface area contributed by atoms with Crippen LogP contribution in [0.15, 0.2) is 41.2 Å². The standard InChI is InChI=1S/C18H22N2O2/c1-2-20(12-14-7-10-22-13-14)18(21)17-4-3-15-5-8-19-9-6-16(15)11-17/h3-4,7,10-11,13,19H,2,5-6,8-9,12H2,1H3. The van der Waals surface area contributed by atoms with Gasteiger partial charge in [0, 0.05) is 24.2 Å². The van der Waals surface area contributed by atoms with E-state index < -0.39 is 0 Å². The van der Waals surface area contributed by atoms with Gasteiger partial charge in [-0.05, 0) is 62.2 Å². The molecule has 2 aromatic rings. The highest BCUT2D eigenvalue weighted by Gasteiger charge is 2.17. The van der Waals surface area contributed by atoms with Crippen LogP contribution in [-0.4, -0.2) is 30.4 Å². The maximum Gasteiger partial charge on any atom is 0.254 e. The van der Waals surface area contributed by atoms with Gasteiger partial charge in [0.05, 0.1) is 12.5 Å². The Bertz CT molecular complexity index is 635. The van der Waals surface area contributed by atoms with Crippen LogP contribution in [0, 0.1) is 0 Å². The van der Waals surface area contributed by atoms with Crippen LogP contribution in [0.4, 0.5) is 0 Å². The molecular weight excluding hydrogens is 276 g/mol. The van der Waals surface area contributed by atoms with Crippen molar-refractivity contribution in [3.8, 4) is 0 Å². The smallest absolute Gasteiger partial charge is 0.254 e. The number of rotatable bonds is 4. The molecule has 0 saturated carbocycles. The summed E-state index contributed by atoms with van der Waals surface area (Å²) in [6.07, 6.45) is 5.36. The van der Waals surface area contributed by atoms with Gasteiger partial charge in [0.15, 0.2) is 0 Å². The van der Waals surface area contributed by atoms with Crippen molar-refractivity contribution in [2.75, 3.05) is 19.6 Å². The van der Waals surface area contributed by atoms with E-state index in [4.69, 9.17) is 4.42 Å². The van der Waals surface area contributed by atoms with Crippen LogP contribution in [0.2, 0.25) is 0 Å². The average Bonchev–Trinajstić information content (AvgIpc) is 2.94. The van der Waals surface area contributed by atoms with E-state index >= 15 is 0 Å². The molecule has 0 unspecified atom stereocenters. The van der Waals surface area contributed by atoms with E-state index in [1.54, 1.807) is 12.5 Å². The van der Waals surface area contributed by atoms with Gasteiger partial charge in [-0.25, -0.2) is 0 Å². The molecule has 0 spiro atoms. The van der Waals surface area contributed by atoms with E-state index in [9.17, 15) is 4.79 Å². The molecule has 1 amide bonds. The Morgan fingerprint density at radius 2 is 2.05 bits per heavy atom. The molecule has 1 aromatic carbocycles. The number of carbonyl (C=O) groups is 1. The number of nitrogens with zero attached hydrogens (tertiary/aromatic N) is 1. The molecule has 2 heterocycles. The summed E-state index contributed by atoms with van der Waals surface area (Å²) < 4.78 is 5.09. The van der Waals surface area contributed by atoms with Gasteiger partial charge in [0.2, 0.25) is 0 Å². The van der Waals surface area contributed by atoms with E-state index in [2.05, 4.69) is 17.4 Å². The lowest BCUT2D eigenvalue weighted by Gasteiger charge is -2.21. The lowest BCUT2D eigenvalue weighted by molar-refractivity contribution is 0.0752. The summed E-state index contributed by atoms with van der Waals surface area (Å²) in [6.45, 7) is 5.28. The monoisotopic (exact) mass is 298 g/mol. The first-order chi connectivity index (χ1) is 10.8. The van der Waals surface area contributed by atoms with Gasteiger partial charge in [-0.15, -0.1) is 0 Å². The summed E-state index contributed by atoms with van der Waals surface area (Å²) >= 11 is 0. The van der Waals surface area contributed by atoms with Crippen LogP contribution in [0.3, 0.4) is 0 Å². The third-order valence-corrected chi connectivity index (χ3v) is 4.22. The first-order valence-corrected chi connectivity index (χ1v) is 7.91. The highest BCUT2D eigenvalue weighted by molar-refractivity contribution is 5.94. The minimum Gasteiger partial charge on any atom is -0.472 e. The van der Waals surface area contributed by atoms with E-state index in [0.717, 1.165) is 37.1 Å². The SMILES string of the molecule is CCN(Cc1ccoc1)C(=O)c1ccc2c(c1)CCNCC2. The number of fused-ring (bicyclic) bond motifs is 1. The number of hydrogen-bond donors (Lipinski definition) is 1. The van der Waals surface area contributed by atoms with Crippen molar-refractivity contribution in [2.45, 2.75) is 26.3 Å². The number of hydrogen-bond acceptors (Lipinski definition) is 3. The van der Waals surface area contributed by atoms with Gasteiger partial charge < -0.3 is 14.6 Å². The zero-order chi connectivity index (χ0) is 15.4. The van der Waals surface area contributed by atoms with Crippen LogP contribution < -0.4 is 5.32 Å². The fraction of sp³-hybridized carbons (Fsp3) is 0.389. The quantitative estimate of drug-likeness (QED) is 0.944. The zero-order valence-electron chi connectivity index (χ0n) is 13.0. The van der Waals surface area contributed by atoms with Crippen molar-refractivity contribution in [1.29, 1.82) is 0 Å². The second-order valence-electron chi connectivity index (χ2n) is 5.68. The third kappa shape index (κ3) is 3.22. The fourth-order valence-corrected chi connectivity index (χ4v) is 2.92. The lowest BCUT2D eigenvalue weighted by Crippen LogP contribution is -2.30. The summed E-state index contributed by atoms with van der Waals surface area (Å²) in [5.74, 6) is 0.0868. The second-order valence-corrected chi connectivity index (χ2v) is 5.68. The molecule has 0 fully saturated rings. The van der Waals surface area contributed by atoms with Gasteiger partial charge in [0.25, 0.3) is 5.91 Å². The Hall–Kier alpha value is -2.07. The molecule has 1 N–H and O–H groups in total. The van der Waals surface area contributed by atoms with Gasteiger partial charge in [-0.2, -0.15) is 0 Å². The van der Waals surface area contributed by atoms with Crippen molar-refractivity contribution in [3.05, 3.63) is 59.0 Å². The first-order valence-electron chi connectivity index (χ1n) is 7.91. The van der Waals surface area contributed by atoms with Crippen molar-refractivity contribution in [1.82, 2.24) is 10.2 Å². The van der Waals surface area contributed by atoms with Crippen LogP contribution in [-0.2, 0) is 19.4 Å². The molecule has 3 rings (SSSR count). The Balaban J connectivity index is 1.79. The topological polar surface area (TPSA) is 45.5 Å². The van der Waals surface area contributed by atoms with E-state index in [1.165, 1.54) is 11.1 Å². The van der Waals surface area contributed by atoms with Crippen molar-refractivity contribution in [2.24, 2.45) is 0 Å². The molecule has 116 valence electrons. The highest BCUT2D eigenvalue weighted by Crippen LogP contribution is 2.18. The fourth-order valence-electron chi connectivity index (χ4n) is 2.92. The molecule has 1 aliphatic heterocycles. The first kappa shape index (κ1) is 14.9. The summed E-state index contributed by atoms with van der Waals surface area (Å²) in [5, 5.41) is 3.40. The largest absolute Gasteiger partial charge is 0.472 e. The predicted molar refractivity (Wildman–Crippen MR) is 85.8 cm³/mol. The number of benzene rings is 1. The summed E-state index contributed by atoms with van der Waals surface area (Å²) in [5.41, 5.74) is 4.47. The maximum atomic E-state index is 12.8. The van der Waals surface area contributed by atoms with Crippen LogP contribution in [0.25, 0.3) is 0 Å². The minimum absolute atomic E-state index is 0.0868. The molecule has 1 aliphatic rings. The maximum absolute atomic E-state index is 12.8. The van der Waals surface area contributed by atoms with Gasteiger partial charge >= 0.3 is 0 Å². The minimum atomic E-state index is 0.0868. The Kier molecular flexibility index (Phi) is 4.59. The summed E-state index contributed by atoms with van der Waals surface area (Å²) in [4.78, 5) is 14.6. The number of carbonyl (C=O) groups excluding carboxylic acids is 1. The Labute approximate surface area is 131 Å². The molecule has 4 heteroatoms. The molecule has 0 saturated heterocycles. The molecule has 0 atom stereocenters. The second kappa shape index (κ2) is 6.79. The molecule has 1 aromatic heterocycles. The molecule has 0 bridgehead atoms. The van der Waals surface area contributed by atoms with Crippen molar-refractivity contribution >= 4 is 5.91 Å². The average molecular weight is 298 g/mol. The Morgan fingerprint density at radius 1 is 1.23 bits per heavy atom. The van der Waals surface area contributed by atoms with E-state index in [0.29, 0.717) is 13.1 Å². The highest BCUT2D eigenvalue weighted by atomic mass is 16.3. The predicted octanol–water partition coefficient (Wildman–Crippen LogP) is 2.63. The number of amides is 1. The molecule has 0 aliphatic carbocycles. The normalized spacial score (nSPS) is 14.2. The van der Waals surface area contributed by atoms with Gasteiger partial charge in [-0.3, -0.25) is 4.79 Å². The molecule has 0 radical (unpaired) electrons. The Morgan fingerprint density at radius 3 is 2.77 bits per heavy atom. The summed E-state index contributed by atoms with van der Waals surface area (Å²) in [7, 11) is 0. The van der Waals surface area contributed by atoms with Gasteiger partial charge in [0.1, 0.15) is 0 Å². The number of furan rings is 1. The van der Waals surface area contributed by atoms with Crippen molar-refractivity contribution in [3.63, 3.8) is 0 Å². The van der Waals surface area contributed by atoms with E-state index in [1.807, 2.05) is 24.0 Å². The van der Waals surface area contributed by atoms with Crippen LogP contribution >= 0.6 is 0 Å². The third-order valence-electron chi connectivity index (χ3n) is 4.22. The summed E-state index contributed by atoms with van der Waals surface area (Å²) in [6, 6.07) is 8.05. The van der Waals surface area contributed by atoms with Crippen LogP contribution in [0.1, 0.15) is 34.0 Å². The molecule has 4 nitrogen and oxygen atoms in total. The van der Waals surface area contributed by atoms with Crippen LogP contribution in [0.5, 0.6) is 0 Å². The molecule has 22 heavy (non-hydrogen) atoms. The zero-order valence-corrected chi connectivity index (χ0v) is 13.0. The lowest BCUT2D eigenvalue weighted by atomic mass is 9.99.